The molecule has 2 aromatic rings. The van der Waals surface area contributed by atoms with E-state index in [4.69, 9.17) is 9.47 Å². The minimum Gasteiger partial charge on any atom is -0.492 e. The van der Waals surface area contributed by atoms with Gasteiger partial charge in [0.15, 0.2) is 0 Å². The SMILES string of the molecule is O=C1CCC(N2Cc3cc(OC[C@H]4CCCCN4Cc4ccc(C5CCN(CC6CCOCC6)CC5)cc4)ccc3C2=O)C(=O)N1. The summed E-state index contributed by atoms with van der Waals surface area (Å²) < 4.78 is 11.9. The maximum atomic E-state index is 13.1. The summed E-state index contributed by atoms with van der Waals surface area (Å²) >= 11 is 0. The van der Waals surface area contributed by atoms with Gasteiger partial charge in [0.25, 0.3) is 5.91 Å². The second-order valence-corrected chi connectivity index (χ2v) is 14.0. The first-order chi connectivity index (χ1) is 22.5. The van der Waals surface area contributed by atoms with Gasteiger partial charge in [-0.2, -0.15) is 0 Å². The van der Waals surface area contributed by atoms with Gasteiger partial charge >= 0.3 is 0 Å². The van der Waals surface area contributed by atoms with Crippen molar-refractivity contribution in [3.8, 4) is 5.75 Å². The monoisotopic (exact) mass is 628 g/mol. The predicted molar refractivity (Wildman–Crippen MR) is 174 cm³/mol. The molecule has 9 heteroatoms. The zero-order valence-electron chi connectivity index (χ0n) is 27.0. The van der Waals surface area contributed by atoms with Crippen LogP contribution in [0, 0.1) is 5.92 Å². The van der Waals surface area contributed by atoms with Gasteiger partial charge in [0.2, 0.25) is 11.8 Å². The molecule has 5 heterocycles. The molecule has 0 aliphatic carbocycles. The van der Waals surface area contributed by atoms with Crippen molar-refractivity contribution in [2.45, 2.75) is 88.9 Å². The molecule has 1 unspecified atom stereocenters. The van der Waals surface area contributed by atoms with Gasteiger partial charge in [0, 0.05) is 50.9 Å². The highest BCUT2D eigenvalue weighted by atomic mass is 16.5. The Morgan fingerprint density at radius 3 is 2.46 bits per heavy atom. The molecular weight excluding hydrogens is 580 g/mol. The van der Waals surface area contributed by atoms with E-state index in [9.17, 15) is 14.4 Å². The number of amides is 3. The third-order valence-electron chi connectivity index (χ3n) is 11.0. The Kier molecular flexibility index (Phi) is 9.70. The minimum atomic E-state index is -0.605. The van der Waals surface area contributed by atoms with E-state index >= 15 is 0 Å². The van der Waals surface area contributed by atoms with Gasteiger partial charge in [-0.15, -0.1) is 0 Å². The first-order valence-corrected chi connectivity index (χ1v) is 17.5. The van der Waals surface area contributed by atoms with Crippen LogP contribution in [0.1, 0.15) is 90.8 Å². The number of hydrogen-bond acceptors (Lipinski definition) is 7. The lowest BCUT2D eigenvalue weighted by atomic mass is 9.88. The number of imide groups is 1. The molecule has 2 atom stereocenters. The van der Waals surface area contributed by atoms with Crippen molar-refractivity contribution in [2.75, 3.05) is 46.0 Å². The highest BCUT2D eigenvalue weighted by Gasteiger charge is 2.39. The Morgan fingerprint density at radius 2 is 1.67 bits per heavy atom. The third-order valence-corrected chi connectivity index (χ3v) is 11.0. The Balaban J connectivity index is 0.903. The van der Waals surface area contributed by atoms with Crippen LogP contribution in [0.2, 0.25) is 0 Å². The molecule has 0 saturated carbocycles. The summed E-state index contributed by atoms with van der Waals surface area (Å²) in [5, 5.41) is 2.37. The second kappa shape index (κ2) is 14.2. The first-order valence-electron chi connectivity index (χ1n) is 17.5. The number of ether oxygens (including phenoxy) is 2. The lowest BCUT2D eigenvalue weighted by molar-refractivity contribution is -0.136. The summed E-state index contributed by atoms with van der Waals surface area (Å²) in [6, 6.07) is 14.8. The quantitative estimate of drug-likeness (QED) is 0.410. The van der Waals surface area contributed by atoms with E-state index in [1.807, 2.05) is 18.2 Å². The molecule has 3 amide bonds. The number of fused-ring (bicyclic) bond motifs is 1. The normalized spacial score (nSPS) is 25.5. The number of nitrogens with zero attached hydrogens (tertiary/aromatic N) is 3. The first kappa shape index (κ1) is 31.3. The Hall–Kier alpha value is -3.27. The minimum absolute atomic E-state index is 0.156. The van der Waals surface area contributed by atoms with Gasteiger partial charge in [0.1, 0.15) is 18.4 Å². The van der Waals surface area contributed by atoms with Crippen LogP contribution in [0.5, 0.6) is 5.75 Å². The smallest absolute Gasteiger partial charge is 0.255 e. The van der Waals surface area contributed by atoms with Crippen molar-refractivity contribution >= 4 is 17.7 Å². The maximum absolute atomic E-state index is 13.1. The molecule has 246 valence electrons. The van der Waals surface area contributed by atoms with Crippen molar-refractivity contribution in [2.24, 2.45) is 5.92 Å². The molecule has 4 saturated heterocycles. The molecule has 9 nitrogen and oxygen atoms in total. The number of carbonyl (C=O) groups excluding carboxylic acids is 3. The molecule has 0 aromatic heterocycles. The maximum Gasteiger partial charge on any atom is 0.255 e. The van der Waals surface area contributed by atoms with E-state index in [1.165, 1.54) is 69.3 Å². The fourth-order valence-electron chi connectivity index (χ4n) is 8.16. The molecule has 0 radical (unpaired) electrons. The molecule has 7 rings (SSSR count). The van der Waals surface area contributed by atoms with Crippen molar-refractivity contribution in [3.05, 3.63) is 64.7 Å². The summed E-state index contributed by atoms with van der Waals surface area (Å²) in [6.07, 6.45) is 9.07. The van der Waals surface area contributed by atoms with Gasteiger partial charge in [-0.25, -0.2) is 0 Å². The predicted octanol–water partition coefficient (Wildman–Crippen LogP) is 4.49. The Morgan fingerprint density at radius 1 is 0.870 bits per heavy atom. The van der Waals surface area contributed by atoms with Crippen molar-refractivity contribution in [1.29, 1.82) is 0 Å². The van der Waals surface area contributed by atoms with Gasteiger partial charge < -0.3 is 19.3 Å². The summed E-state index contributed by atoms with van der Waals surface area (Å²) in [4.78, 5) is 43.9. The van der Waals surface area contributed by atoms with Gasteiger partial charge in [-0.05, 0) is 111 Å². The van der Waals surface area contributed by atoms with Crippen molar-refractivity contribution in [1.82, 2.24) is 20.0 Å². The number of rotatable bonds is 9. The number of benzene rings is 2. The van der Waals surface area contributed by atoms with Crippen LogP contribution in [0.15, 0.2) is 42.5 Å². The zero-order valence-corrected chi connectivity index (χ0v) is 27.0. The number of hydrogen-bond donors (Lipinski definition) is 1. The van der Waals surface area contributed by atoms with E-state index in [2.05, 4.69) is 39.4 Å². The topological polar surface area (TPSA) is 91.4 Å². The van der Waals surface area contributed by atoms with E-state index in [0.29, 0.717) is 37.1 Å². The van der Waals surface area contributed by atoms with E-state index in [-0.39, 0.29) is 24.1 Å². The average molecular weight is 629 g/mol. The fraction of sp³-hybridized carbons (Fsp3) is 0.595. The van der Waals surface area contributed by atoms with Gasteiger partial charge in [-0.3, -0.25) is 24.6 Å². The average Bonchev–Trinajstić information content (AvgIpc) is 3.40. The van der Waals surface area contributed by atoms with E-state index in [1.54, 1.807) is 4.90 Å². The number of piperidine rings is 3. The van der Waals surface area contributed by atoms with E-state index in [0.717, 1.165) is 50.0 Å². The summed E-state index contributed by atoms with van der Waals surface area (Å²) in [6.45, 7) is 8.49. The summed E-state index contributed by atoms with van der Waals surface area (Å²) in [7, 11) is 0. The van der Waals surface area contributed by atoms with Crippen LogP contribution in [0.3, 0.4) is 0 Å². The molecule has 5 aliphatic heterocycles. The van der Waals surface area contributed by atoms with Gasteiger partial charge in [0.05, 0.1) is 0 Å². The lowest BCUT2D eigenvalue weighted by Gasteiger charge is -2.36. The molecule has 46 heavy (non-hydrogen) atoms. The largest absolute Gasteiger partial charge is 0.492 e. The second-order valence-electron chi connectivity index (χ2n) is 14.0. The highest BCUT2D eigenvalue weighted by Crippen LogP contribution is 2.32. The fourth-order valence-corrected chi connectivity index (χ4v) is 8.16. The van der Waals surface area contributed by atoms with Crippen LogP contribution < -0.4 is 10.1 Å². The van der Waals surface area contributed by atoms with Crippen LogP contribution in [0.25, 0.3) is 0 Å². The van der Waals surface area contributed by atoms with Crippen LogP contribution in [-0.4, -0.2) is 90.5 Å². The van der Waals surface area contributed by atoms with Gasteiger partial charge in [-0.1, -0.05) is 30.7 Å². The third kappa shape index (κ3) is 7.16. The highest BCUT2D eigenvalue weighted by molar-refractivity contribution is 6.05. The van der Waals surface area contributed by atoms with Crippen molar-refractivity contribution < 1.29 is 23.9 Å². The molecule has 2 aromatic carbocycles. The number of likely N-dealkylation sites (tertiary alicyclic amines) is 2. The standard InChI is InChI=1S/C37H48N4O5/c42-35-11-10-34(36(43)38-35)41-24-30-21-32(8-9-33(30)37(41)44)46-25-31-3-1-2-16-40(31)23-26-4-6-28(7-5-26)29-12-17-39(18-13-29)22-27-14-19-45-20-15-27/h4-9,21,27,29,31,34H,1-3,10-20,22-25H2,(H,38,42,43)/t31-,34?/m1/s1. The molecular formula is C37H48N4O5. The Labute approximate surface area is 272 Å². The van der Waals surface area contributed by atoms with Crippen LogP contribution >= 0.6 is 0 Å². The van der Waals surface area contributed by atoms with Crippen LogP contribution in [0.4, 0.5) is 0 Å². The zero-order chi connectivity index (χ0) is 31.5. The van der Waals surface area contributed by atoms with Crippen molar-refractivity contribution in [3.63, 3.8) is 0 Å². The molecule has 5 aliphatic rings. The summed E-state index contributed by atoms with van der Waals surface area (Å²) in [5.74, 6) is 1.41. The van der Waals surface area contributed by atoms with Crippen LogP contribution in [-0.2, 0) is 27.4 Å². The Bertz CT molecular complexity index is 1400. The molecule has 0 spiro atoms. The van der Waals surface area contributed by atoms with E-state index < -0.39 is 6.04 Å². The number of carbonyl (C=O) groups is 3. The molecule has 1 N–H and O–H groups in total. The lowest BCUT2D eigenvalue weighted by Crippen LogP contribution is -2.52. The molecule has 4 fully saturated rings. The molecule has 0 bridgehead atoms. The summed E-state index contributed by atoms with van der Waals surface area (Å²) in [5.41, 5.74) is 4.33. The number of nitrogens with one attached hydrogen (secondary N) is 1.